The molecule has 0 heterocycles. The first kappa shape index (κ1) is 10.4. The lowest BCUT2D eigenvalue weighted by Crippen LogP contribution is -2.31. The largest absolute Gasteiger partial charge is 0.480 e. The molecule has 4 heteroatoms. The molecule has 0 saturated carbocycles. The fourth-order valence-electron chi connectivity index (χ4n) is 0.580. The second kappa shape index (κ2) is 6.12. The zero-order valence-electron chi connectivity index (χ0n) is 6.75. The second-order valence-corrected chi connectivity index (χ2v) is 2.35. The van der Waals surface area contributed by atoms with Crippen LogP contribution in [-0.4, -0.2) is 30.3 Å². The van der Waals surface area contributed by atoms with Crippen LogP contribution in [0.15, 0.2) is 0 Å². The molecule has 0 rings (SSSR count). The van der Waals surface area contributed by atoms with Crippen molar-refractivity contribution < 1.29 is 14.6 Å². The zero-order valence-corrected chi connectivity index (χ0v) is 6.75. The maximum Gasteiger partial charge on any atom is 0.320 e. The molecule has 0 radical (unpaired) electrons. The Balaban J connectivity index is 3.17. The standard InChI is InChI=1S/C7H15NO3/c1-2-4-11-5-3-6(8)7(9)10/h6H,2-5,8H2,1H3,(H,9,10)/t6-/m0/s1. The van der Waals surface area contributed by atoms with Crippen LogP contribution in [0.4, 0.5) is 0 Å². The topological polar surface area (TPSA) is 72.5 Å². The van der Waals surface area contributed by atoms with E-state index in [4.69, 9.17) is 15.6 Å². The summed E-state index contributed by atoms with van der Waals surface area (Å²) in [6.45, 7) is 3.10. The van der Waals surface area contributed by atoms with E-state index in [0.29, 0.717) is 19.6 Å². The highest BCUT2D eigenvalue weighted by atomic mass is 16.5. The number of carboxylic acid groups (broad SMARTS) is 1. The smallest absolute Gasteiger partial charge is 0.320 e. The van der Waals surface area contributed by atoms with E-state index in [9.17, 15) is 4.79 Å². The summed E-state index contributed by atoms with van der Waals surface area (Å²) in [5.41, 5.74) is 5.22. The van der Waals surface area contributed by atoms with E-state index in [1.807, 2.05) is 6.92 Å². The van der Waals surface area contributed by atoms with E-state index < -0.39 is 12.0 Å². The fourth-order valence-corrected chi connectivity index (χ4v) is 0.580. The molecule has 3 N–H and O–H groups in total. The molecule has 0 aliphatic carbocycles. The molecule has 0 amide bonds. The van der Waals surface area contributed by atoms with Crippen LogP contribution in [0.5, 0.6) is 0 Å². The van der Waals surface area contributed by atoms with Gasteiger partial charge in [-0.3, -0.25) is 4.79 Å². The van der Waals surface area contributed by atoms with Crippen LogP contribution in [0.2, 0.25) is 0 Å². The molecule has 0 aromatic rings. The number of hydrogen-bond acceptors (Lipinski definition) is 3. The SMILES string of the molecule is CCCOCC[C@H](N)C(=O)O. The summed E-state index contributed by atoms with van der Waals surface area (Å²) in [5.74, 6) is -0.968. The number of nitrogens with two attached hydrogens (primary N) is 1. The molecule has 4 nitrogen and oxygen atoms in total. The normalized spacial score (nSPS) is 12.9. The minimum atomic E-state index is -0.968. The molecule has 0 aliphatic rings. The lowest BCUT2D eigenvalue weighted by molar-refractivity contribution is -0.139. The highest BCUT2D eigenvalue weighted by Crippen LogP contribution is 1.90. The van der Waals surface area contributed by atoms with Gasteiger partial charge in [0.25, 0.3) is 0 Å². The molecule has 0 aromatic carbocycles. The van der Waals surface area contributed by atoms with Crippen LogP contribution >= 0.6 is 0 Å². The van der Waals surface area contributed by atoms with Gasteiger partial charge in [-0.05, 0) is 12.8 Å². The van der Waals surface area contributed by atoms with Gasteiger partial charge in [-0.15, -0.1) is 0 Å². The van der Waals surface area contributed by atoms with Gasteiger partial charge in [-0.2, -0.15) is 0 Å². The maximum atomic E-state index is 10.2. The minimum Gasteiger partial charge on any atom is -0.480 e. The van der Waals surface area contributed by atoms with Gasteiger partial charge in [0.2, 0.25) is 0 Å². The first-order valence-electron chi connectivity index (χ1n) is 3.74. The predicted octanol–water partition coefficient (Wildman–Crippen LogP) is 0.215. The number of carboxylic acids is 1. The summed E-state index contributed by atoms with van der Waals surface area (Å²) in [4.78, 5) is 10.2. The molecule has 0 fully saturated rings. The van der Waals surface area contributed by atoms with Gasteiger partial charge in [0.15, 0.2) is 0 Å². The molecule has 66 valence electrons. The van der Waals surface area contributed by atoms with Crippen LogP contribution in [0.25, 0.3) is 0 Å². The first-order valence-corrected chi connectivity index (χ1v) is 3.74. The van der Waals surface area contributed by atoms with Crippen LogP contribution < -0.4 is 5.73 Å². The van der Waals surface area contributed by atoms with Crippen molar-refractivity contribution in [1.82, 2.24) is 0 Å². The Kier molecular flexibility index (Phi) is 5.78. The second-order valence-electron chi connectivity index (χ2n) is 2.35. The van der Waals surface area contributed by atoms with Gasteiger partial charge in [0, 0.05) is 13.2 Å². The Hall–Kier alpha value is -0.610. The summed E-state index contributed by atoms with van der Waals surface area (Å²) in [5, 5.41) is 8.36. The predicted molar refractivity (Wildman–Crippen MR) is 41.3 cm³/mol. The summed E-state index contributed by atoms with van der Waals surface area (Å²) in [6.07, 6.45) is 1.33. The van der Waals surface area contributed by atoms with Crippen molar-refractivity contribution in [3.8, 4) is 0 Å². The van der Waals surface area contributed by atoms with E-state index in [-0.39, 0.29) is 0 Å². The third-order valence-electron chi connectivity index (χ3n) is 1.24. The van der Waals surface area contributed by atoms with Crippen molar-refractivity contribution in [2.24, 2.45) is 5.73 Å². The van der Waals surface area contributed by atoms with E-state index in [1.165, 1.54) is 0 Å². The highest BCUT2D eigenvalue weighted by Gasteiger charge is 2.09. The van der Waals surface area contributed by atoms with Crippen molar-refractivity contribution in [2.75, 3.05) is 13.2 Å². The lowest BCUT2D eigenvalue weighted by atomic mass is 10.2. The van der Waals surface area contributed by atoms with Gasteiger partial charge < -0.3 is 15.6 Å². The van der Waals surface area contributed by atoms with Crippen molar-refractivity contribution in [3.63, 3.8) is 0 Å². The van der Waals surface area contributed by atoms with Crippen LogP contribution in [-0.2, 0) is 9.53 Å². The first-order chi connectivity index (χ1) is 5.18. The van der Waals surface area contributed by atoms with Gasteiger partial charge in [0.1, 0.15) is 6.04 Å². The lowest BCUT2D eigenvalue weighted by Gasteiger charge is -2.05. The van der Waals surface area contributed by atoms with Crippen molar-refractivity contribution >= 4 is 5.97 Å². The van der Waals surface area contributed by atoms with Crippen molar-refractivity contribution in [1.29, 1.82) is 0 Å². The number of aliphatic carboxylic acids is 1. The van der Waals surface area contributed by atoms with E-state index in [0.717, 1.165) is 6.42 Å². The molecular formula is C7H15NO3. The molecule has 0 bridgehead atoms. The average molecular weight is 161 g/mol. The quantitative estimate of drug-likeness (QED) is 0.546. The van der Waals surface area contributed by atoms with Gasteiger partial charge in [0.05, 0.1) is 0 Å². The molecule has 0 aromatic heterocycles. The van der Waals surface area contributed by atoms with E-state index >= 15 is 0 Å². The molecule has 0 saturated heterocycles. The van der Waals surface area contributed by atoms with E-state index in [1.54, 1.807) is 0 Å². The van der Waals surface area contributed by atoms with Crippen LogP contribution in [0.3, 0.4) is 0 Å². The van der Waals surface area contributed by atoms with Gasteiger partial charge in [-0.25, -0.2) is 0 Å². The maximum absolute atomic E-state index is 10.2. The molecule has 0 unspecified atom stereocenters. The summed E-state index contributed by atoms with van der Waals surface area (Å²) >= 11 is 0. The Morgan fingerprint density at radius 1 is 1.64 bits per heavy atom. The Morgan fingerprint density at radius 3 is 2.73 bits per heavy atom. The summed E-state index contributed by atoms with van der Waals surface area (Å²) < 4.78 is 5.06. The van der Waals surface area contributed by atoms with E-state index in [2.05, 4.69) is 0 Å². The summed E-state index contributed by atoms with van der Waals surface area (Å²) in [7, 11) is 0. The Morgan fingerprint density at radius 2 is 2.27 bits per heavy atom. The zero-order chi connectivity index (χ0) is 8.69. The average Bonchev–Trinajstić information content (AvgIpc) is 1.97. The molecule has 1 atom stereocenters. The molecule has 11 heavy (non-hydrogen) atoms. The summed E-state index contributed by atoms with van der Waals surface area (Å²) in [6, 6.07) is -0.785. The van der Waals surface area contributed by atoms with Crippen molar-refractivity contribution in [3.05, 3.63) is 0 Å². The molecular weight excluding hydrogens is 146 g/mol. The monoisotopic (exact) mass is 161 g/mol. The van der Waals surface area contributed by atoms with Crippen LogP contribution in [0.1, 0.15) is 19.8 Å². The third-order valence-corrected chi connectivity index (χ3v) is 1.24. The van der Waals surface area contributed by atoms with Gasteiger partial charge in [-0.1, -0.05) is 6.92 Å². The third kappa shape index (κ3) is 5.82. The van der Waals surface area contributed by atoms with Crippen molar-refractivity contribution in [2.45, 2.75) is 25.8 Å². The fraction of sp³-hybridized carbons (Fsp3) is 0.857. The number of ether oxygens (including phenoxy) is 1. The van der Waals surface area contributed by atoms with Gasteiger partial charge >= 0.3 is 5.97 Å². The van der Waals surface area contributed by atoms with Crippen LogP contribution in [0, 0.1) is 0 Å². The minimum absolute atomic E-state index is 0.384. The number of carbonyl (C=O) groups is 1. The Bertz CT molecular complexity index is 116. The Labute approximate surface area is 66.3 Å². The number of hydrogen-bond donors (Lipinski definition) is 2. The molecule has 0 spiro atoms. The molecule has 0 aliphatic heterocycles. The highest BCUT2D eigenvalue weighted by molar-refractivity contribution is 5.72. The number of rotatable bonds is 6.